The van der Waals surface area contributed by atoms with E-state index in [1.54, 1.807) is 6.33 Å². The molecular weight excluding hydrogens is 438 g/mol. The maximum atomic E-state index is 13.8. The summed E-state index contributed by atoms with van der Waals surface area (Å²) in [6, 6.07) is 7.90. The van der Waals surface area contributed by atoms with Crippen molar-refractivity contribution in [1.82, 2.24) is 20.2 Å². The number of rotatable bonds is 4. The van der Waals surface area contributed by atoms with Crippen molar-refractivity contribution in [3.63, 3.8) is 0 Å². The Balaban J connectivity index is 1.32. The van der Waals surface area contributed by atoms with Crippen molar-refractivity contribution < 1.29 is 9.90 Å². The smallest absolute Gasteiger partial charge is 0.231 e. The fourth-order valence-electron chi connectivity index (χ4n) is 5.67. The van der Waals surface area contributed by atoms with Crippen LogP contribution in [-0.2, 0) is 4.79 Å². The molecule has 1 amide bonds. The lowest BCUT2D eigenvalue weighted by Crippen LogP contribution is -2.53. The standard InChI is InChI=1S/C25H32ClN5O2/c1-16-14-20(32)23-21(16)24(29-15-28-23)30-10-12-31(13-11-30)25(33)22(19-4-2-3-9-27-19)17-5-7-18(26)8-6-17/h5-8,15-16,19-20,22,27,32H,2-4,9-14H2,1H3/t16-,19+,20-,22+/m1/s1. The molecule has 1 aromatic heterocycles. The zero-order chi connectivity index (χ0) is 22.9. The first kappa shape index (κ1) is 22.6. The first-order valence-corrected chi connectivity index (χ1v) is 12.5. The highest BCUT2D eigenvalue weighted by Gasteiger charge is 2.37. The second kappa shape index (κ2) is 9.57. The number of nitrogens with zero attached hydrogens (tertiary/aromatic N) is 4. The summed E-state index contributed by atoms with van der Waals surface area (Å²) in [5, 5.41) is 14.6. The lowest BCUT2D eigenvalue weighted by atomic mass is 9.85. The summed E-state index contributed by atoms with van der Waals surface area (Å²) in [7, 11) is 0. The number of aliphatic hydroxyl groups excluding tert-OH is 1. The van der Waals surface area contributed by atoms with Crippen molar-refractivity contribution in [2.75, 3.05) is 37.6 Å². The van der Waals surface area contributed by atoms with Gasteiger partial charge in [0.05, 0.1) is 17.7 Å². The maximum Gasteiger partial charge on any atom is 0.231 e. The van der Waals surface area contributed by atoms with Crippen LogP contribution in [0.1, 0.15) is 67.4 Å². The Bertz CT molecular complexity index is 987. The lowest BCUT2D eigenvalue weighted by Gasteiger charge is -2.40. The number of hydrogen-bond acceptors (Lipinski definition) is 6. The van der Waals surface area contributed by atoms with E-state index in [-0.39, 0.29) is 23.8 Å². The number of piperidine rings is 1. The van der Waals surface area contributed by atoms with Gasteiger partial charge >= 0.3 is 0 Å². The molecule has 1 aliphatic carbocycles. The zero-order valence-electron chi connectivity index (χ0n) is 19.1. The average molecular weight is 470 g/mol. The third-order valence-electron chi connectivity index (χ3n) is 7.42. The Morgan fingerprint density at radius 1 is 1.15 bits per heavy atom. The van der Waals surface area contributed by atoms with Gasteiger partial charge < -0.3 is 20.2 Å². The molecule has 2 N–H and O–H groups in total. The molecule has 3 aliphatic rings. The highest BCUT2D eigenvalue weighted by Crippen LogP contribution is 2.42. The van der Waals surface area contributed by atoms with E-state index in [9.17, 15) is 9.90 Å². The third-order valence-corrected chi connectivity index (χ3v) is 7.67. The minimum absolute atomic E-state index is 0.151. The van der Waals surface area contributed by atoms with Crippen LogP contribution in [-0.4, -0.2) is 64.6 Å². The Kier molecular flexibility index (Phi) is 6.54. The van der Waals surface area contributed by atoms with Gasteiger partial charge in [-0.1, -0.05) is 37.1 Å². The topological polar surface area (TPSA) is 81.6 Å². The van der Waals surface area contributed by atoms with Gasteiger partial charge in [0.1, 0.15) is 12.1 Å². The number of aliphatic hydroxyl groups is 1. The summed E-state index contributed by atoms with van der Waals surface area (Å²) in [6.07, 6.45) is 5.04. The molecule has 2 fully saturated rings. The van der Waals surface area contributed by atoms with Gasteiger partial charge in [0, 0.05) is 42.8 Å². The highest BCUT2D eigenvalue weighted by atomic mass is 35.5. The second-order valence-electron chi connectivity index (χ2n) is 9.55. The van der Waals surface area contributed by atoms with Crippen LogP contribution in [0, 0.1) is 0 Å². The van der Waals surface area contributed by atoms with Gasteiger partial charge in [-0.15, -0.1) is 0 Å². The number of aromatic nitrogens is 2. The molecule has 2 aliphatic heterocycles. The Labute approximate surface area is 200 Å². The van der Waals surface area contributed by atoms with Crippen LogP contribution < -0.4 is 10.2 Å². The number of fused-ring (bicyclic) bond motifs is 1. The summed E-state index contributed by atoms with van der Waals surface area (Å²) in [5.41, 5.74) is 2.86. The molecule has 7 nitrogen and oxygen atoms in total. The van der Waals surface area contributed by atoms with Gasteiger partial charge in [-0.3, -0.25) is 4.79 Å². The lowest BCUT2D eigenvalue weighted by molar-refractivity contribution is -0.134. The number of amides is 1. The molecular formula is C25H32ClN5O2. The van der Waals surface area contributed by atoms with Crippen LogP contribution in [0.2, 0.25) is 5.02 Å². The van der Waals surface area contributed by atoms with E-state index >= 15 is 0 Å². The minimum atomic E-state index is -0.511. The summed E-state index contributed by atoms with van der Waals surface area (Å²) in [5.74, 6) is 1.14. The summed E-state index contributed by atoms with van der Waals surface area (Å²) < 4.78 is 0. The fourth-order valence-corrected chi connectivity index (χ4v) is 5.80. The van der Waals surface area contributed by atoms with Crippen LogP contribution in [0.4, 0.5) is 5.82 Å². The van der Waals surface area contributed by atoms with Crippen molar-refractivity contribution in [2.24, 2.45) is 0 Å². The molecule has 0 radical (unpaired) electrons. The van der Waals surface area contributed by atoms with Crippen molar-refractivity contribution in [1.29, 1.82) is 0 Å². The van der Waals surface area contributed by atoms with Crippen molar-refractivity contribution in [2.45, 2.75) is 56.6 Å². The quantitative estimate of drug-likeness (QED) is 0.715. The molecule has 3 heterocycles. The molecule has 0 unspecified atom stereocenters. The molecule has 176 valence electrons. The van der Waals surface area contributed by atoms with Crippen LogP contribution in [0.25, 0.3) is 0 Å². The minimum Gasteiger partial charge on any atom is -0.387 e. The molecule has 0 spiro atoms. The molecule has 0 saturated carbocycles. The van der Waals surface area contributed by atoms with Gasteiger partial charge in [-0.2, -0.15) is 0 Å². The summed E-state index contributed by atoms with van der Waals surface area (Å²) in [6.45, 7) is 5.85. The van der Waals surface area contributed by atoms with Gasteiger partial charge in [-0.05, 0) is 49.4 Å². The number of piperazine rings is 1. The Hall–Kier alpha value is -2.22. The number of hydrogen-bond donors (Lipinski definition) is 2. The fraction of sp³-hybridized carbons (Fsp3) is 0.560. The first-order chi connectivity index (χ1) is 16.0. The summed E-state index contributed by atoms with van der Waals surface area (Å²) in [4.78, 5) is 26.9. The van der Waals surface area contributed by atoms with Crippen LogP contribution >= 0.6 is 11.6 Å². The Morgan fingerprint density at radius 2 is 1.91 bits per heavy atom. The largest absolute Gasteiger partial charge is 0.387 e. The van der Waals surface area contributed by atoms with Gasteiger partial charge in [-0.25, -0.2) is 9.97 Å². The third kappa shape index (κ3) is 4.46. The normalized spacial score (nSPS) is 26.2. The maximum absolute atomic E-state index is 13.8. The predicted octanol–water partition coefficient (Wildman–Crippen LogP) is 3.25. The zero-order valence-corrected chi connectivity index (χ0v) is 19.8. The molecule has 2 saturated heterocycles. The van der Waals surface area contributed by atoms with Gasteiger partial charge in [0.2, 0.25) is 5.91 Å². The number of nitrogens with one attached hydrogen (secondary N) is 1. The van der Waals surface area contributed by atoms with E-state index < -0.39 is 6.10 Å². The first-order valence-electron chi connectivity index (χ1n) is 12.1. The monoisotopic (exact) mass is 469 g/mol. The van der Waals surface area contributed by atoms with E-state index in [4.69, 9.17) is 11.6 Å². The van der Waals surface area contributed by atoms with E-state index in [1.165, 1.54) is 0 Å². The van der Waals surface area contributed by atoms with Crippen molar-refractivity contribution in [3.8, 4) is 0 Å². The Morgan fingerprint density at radius 3 is 2.61 bits per heavy atom. The molecule has 0 bridgehead atoms. The van der Waals surface area contributed by atoms with Crippen LogP contribution in [0.15, 0.2) is 30.6 Å². The van der Waals surface area contributed by atoms with Crippen molar-refractivity contribution >= 4 is 23.3 Å². The number of anilines is 1. The van der Waals surface area contributed by atoms with E-state index in [0.717, 1.165) is 61.5 Å². The van der Waals surface area contributed by atoms with Crippen molar-refractivity contribution in [3.05, 3.63) is 52.4 Å². The van der Waals surface area contributed by atoms with Gasteiger partial charge in [0.15, 0.2) is 0 Å². The van der Waals surface area contributed by atoms with E-state index in [0.29, 0.717) is 24.5 Å². The predicted molar refractivity (Wildman–Crippen MR) is 129 cm³/mol. The SMILES string of the molecule is C[C@@H]1C[C@@H](O)c2ncnc(N3CCN(C(=O)[C@@H](c4ccc(Cl)cc4)[C@@H]4CCCCN4)CC3)c21. The summed E-state index contributed by atoms with van der Waals surface area (Å²) >= 11 is 6.12. The van der Waals surface area contributed by atoms with Crippen LogP contribution in [0.5, 0.6) is 0 Å². The molecule has 8 heteroatoms. The van der Waals surface area contributed by atoms with E-state index in [2.05, 4.69) is 27.1 Å². The molecule has 1 aromatic carbocycles. The number of carbonyl (C=O) groups is 1. The average Bonchev–Trinajstić information content (AvgIpc) is 3.15. The molecule has 2 aromatic rings. The van der Waals surface area contributed by atoms with E-state index in [1.807, 2.05) is 29.2 Å². The number of carbonyl (C=O) groups excluding carboxylic acids is 1. The number of halogens is 1. The second-order valence-corrected chi connectivity index (χ2v) is 9.98. The van der Waals surface area contributed by atoms with Gasteiger partial charge in [0.25, 0.3) is 0 Å². The molecule has 5 rings (SSSR count). The number of benzene rings is 1. The molecule has 4 atom stereocenters. The molecule has 33 heavy (non-hydrogen) atoms. The highest BCUT2D eigenvalue weighted by molar-refractivity contribution is 6.30. The van der Waals surface area contributed by atoms with Crippen LogP contribution in [0.3, 0.4) is 0 Å².